The molecule has 3 nitrogen and oxygen atoms in total. The zero-order valence-electron chi connectivity index (χ0n) is 10.9. The topological polar surface area (TPSA) is 47.3 Å². The lowest BCUT2D eigenvalue weighted by Crippen LogP contribution is -2.00. The smallest absolute Gasteiger partial charge is 0.142 e. The molecule has 3 heteroatoms. The molecule has 0 fully saturated rings. The lowest BCUT2D eigenvalue weighted by Gasteiger charge is -2.16. The molecule has 0 atom stereocenters. The van der Waals surface area contributed by atoms with Crippen LogP contribution in [0.15, 0.2) is 36.4 Å². The maximum Gasteiger partial charge on any atom is 0.142 e. The van der Waals surface area contributed by atoms with Gasteiger partial charge in [-0.25, -0.2) is 0 Å². The van der Waals surface area contributed by atoms with Crippen molar-refractivity contribution in [3.63, 3.8) is 0 Å². The van der Waals surface area contributed by atoms with Crippen LogP contribution in [0.3, 0.4) is 0 Å². The minimum Gasteiger partial charge on any atom is -0.495 e. The van der Waals surface area contributed by atoms with Crippen molar-refractivity contribution >= 4 is 17.1 Å². The summed E-state index contributed by atoms with van der Waals surface area (Å²) < 4.78 is 5.42. The number of ether oxygens (including phenoxy) is 1. The van der Waals surface area contributed by atoms with Gasteiger partial charge >= 0.3 is 0 Å². The highest BCUT2D eigenvalue weighted by Crippen LogP contribution is 2.33. The van der Waals surface area contributed by atoms with Crippen molar-refractivity contribution in [1.82, 2.24) is 0 Å². The second kappa shape index (κ2) is 5.00. The highest BCUT2D eigenvalue weighted by molar-refractivity contribution is 5.77. The fraction of sp³-hybridized carbons (Fsp3) is 0.200. The van der Waals surface area contributed by atoms with E-state index in [2.05, 4.69) is 25.2 Å². The molecule has 0 aliphatic heterocycles. The highest BCUT2D eigenvalue weighted by Gasteiger charge is 2.09. The van der Waals surface area contributed by atoms with E-state index >= 15 is 0 Å². The molecule has 0 aliphatic rings. The Hall–Kier alpha value is -2.16. The summed E-state index contributed by atoms with van der Waals surface area (Å²) in [5.74, 6) is 0.829. The van der Waals surface area contributed by atoms with E-state index in [-0.39, 0.29) is 0 Å². The van der Waals surface area contributed by atoms with Gasteiger partial charge in [0.05, 0.1) is 24.2 Å². The molecule has 94 valence electrons. The maximum absolute atomic E-state index is 5.94. The van der Waals surface area contributed by atoms with Crippen LogP contribution in [0.1, 0.15) is 11.1 Å². The van der Waals surface area contributed by atoms with Crippen molar-refractivity contribution < 1.29 is 4.74 Å². The first-order valence-electron chi connectivity index (χ1n) is 5.88. The third-order valence-electron chi connectivity index (χ3n) is 2.88. The summed E-state index contributed by atoms with van der Waals surface area (Å²) in [6.07, 6.45) is 0. The molecular weight excluding hydrogens is 224 g/mol. The quantitative estimate of drug-likeness (QED) is 0.808. The SMILES string of the molecule is COc1cc(C)cc(C)c1Nc1ccccc1N. The molecule has 2 aromatic carbocycles. The molecule has 3 N–H and O–H groups in total. The zero-order chi connectivity index (χ0) is 13.1. The summed E-state index contributed by atoms with van der Waals surface area (Å²) in [5.41, 5.74) is 10.8. The number of nitrogens with one attached hydrogen (secondary N) is 1. The van der Waals surface area contributed by atoms with Crippen LogP contribution in [0, 0.1) is 13.8 Å². The number of hydrogen-bond donors (Lipinski definition) is 2. The first kappa shape index (κ1) is 12.3. The molecule has 18 heavy (non-hydrogen) atoms. The second-order valence-electron chi connectivity index (χ2n) is 4.37. The van der Waals surface area contributed by atoms with Crippen molar-refractivity contribution in [2.45, 2.75) is 13.8 Å². The Bertz CT molecular complexity index is 564. The first-order valence-corrected chi connectivity index (χ1v) is 5.88. The van der Waals surface area contributed by atoms with E-state index in [1.807, 2.05) is 30.3 Å². The number of anilines is 3. The van der Waals surface area contributed by atoms with E-state index < -0.39 is 0 Å². The molecule has 0 saturated heterocycles. The van der Waals surface area contributed by atoms with Gasteiger partial charge in [0.15, 0.2) is 0 Å². The van der Waals surface area contributed by atoms with Crippen LogP contribution in [0.4, 0.5) is 17.1 Å². The van der Waals surface area contributed by atoms with E-state index in [1.54, 1.807) is 7.11 Å². The predicted molar refractivity (Wildman–Crippen MR) is 76.6 cm³/mol. The Labute approximate surface area is 108 Å². The van der Waals surface area contributed by atoms with Gasteiger partial charge in [-0.3, -0.25) is 0 Å². The lowest BCUT2D eigenvalue weighted by atomic mass is 10.1. The molecule has 0 aliphatic carbocycles. The first-order chi connectivity index (χ1) is 8.61. The van der Waals surface area contributed by atoms with Crippen molar-refractivity contribution in [2.24, 2.45) is 0 Å². The molecule has 0 bridgehead atoms. The van der Waals surface area contributed by atoms with Gasteiger partial charge in [-0.05, 0) is 43.2 Å². The van der Waals surface area contributed by atoms with E-state index in [1.165, 1.54) is 5.56 Å². The van der Waals surface area contributed by atoms with Gasteiger partial charge in [-0.1, -0.05) is 18.2 Å². The van der Waals surface area contributed by atoms with Crippen molar-refractivity contribution in [1.29, 1.82) is 0 Å². The minimum absolute atomic E-state index is 0.722. The maximum atomic E-state index is 5.94. The summed E-state index contributed by atoms with van der Waals surface area (Å²) in [7, 11) is 1.67. The Morgan fingerprint density at radius 1 is 1.11 bits per heavy atom. The van der Waals surface area contributed by atoms with Gasteiger partial charge in [0.1, 0.15) is 5.75 Å². The predicted octanol–water partition coefficient (Wildman–Crippen LogP) is 3.64. The third kappa shape index (κ3) is 2.40. The average Bonchev–Trinajstić information content (AvgIpc) is 2.34. The summed E-state index contributed by atoms with van der Waals surface area (Å²) in [4.78, 5) is 0. The van der Waals surface area contributed by atoms with Crippen LogP contribution in [-0.4, -0.2) is 7.11 Å². The molecule has 2 aromatic rings. The van der Waals surface area contributed by atoms with Gasteiger partial charge in [0, 0.05) is 0 Å². The number of benzene rings is 2. The number of rotatable bonds is 3. The third-order valence-corrected chi connectivity index (χ3v) is 2.88. The van der Waals surface area contributed by atoms with Gasteiger partial charge in [0.25, 0.3) is 0 Å². The van der Waals surface area contributed by atoms with Gasteiger partial charge in [-0.15, -0.1) is 0 Å². The average molecular weight is 242 g/mol. The van der Waals surface area contributed by atoms with Gasteiger partial charge < -0.3 is 15.8 Å². The largest absolute Gasteiger partial charge is 0.495 e. The molecule has 0 saturated carbocycles. The van der Waals surface area contributed by atoms with Crippen LogP contribution in [-0.2, 0) is 0 Å². The summed E-state index contributed by atoms with van der Waals surface area (Å²) >= 11 is 0. The number of aryl methyl sites for hydroxylation is 2. The Kier molecular flexibility index (Phi) is 3.42. The van der Waals surface area contributed by atoms with Crippen molar-refractivity contribution in [3.05, 3.63) is 47.5 Å². The molecular formula is C15H18N2O. The number of para-hydroxylation sites is 2. The van der Waals surface area contributed by atoms with Crippen LogP contribution in [0.5, 0.6) is 5.75 Å². The molecule has 0 aromatic heterocycles. The lowest BCUT2D eigenvalue weighted by molar-refractivity contribution is 0.416. The summed E-state index contributed by atoms with van der Waals surface area (Å²) in [5, 5.41) is 3.34. The molecule has 0 spiro atoms. The number of nitrogen functional groups attached to an aromatic ring is 1. The van der Waals surface area contributed by atoms with Crippen LogP contribution in [0.25, 0.3) is 0 Å². The molecule has 0 amide bonds. The second-order valence-corrected chi connectivity index (χ2v) is 4.37. The van der Waals surface area contributed by atoms with Crippen LogP contribution < -0.4 is 15.8 Å². The summed E-state index contributed by atoms with van der Waals surface area (Å²) in [6.45, 7) is 4.10. The zero-order valence-corrected chi connectivity index (χ0v) is 10.9. The minimum atomic E-state index is 0.722. The van der Waals surface area contributed by atoms with E-state index in [0.29, 0.717) is 0 Å². The van der Waals surface area contributed by atoms with Crippen LogP contribution >= 0.6 is 0 Å². The monoisotopic (exact) mass is 242 g/mol. The number of methoxy groups -OCH3 is 1. The van der Waals surface area contributed by atoms with Gasteiger partial charge in [0.2, 0.25) is 0 Å². The van der Waals surface area contributed by atoms with E-state index in [0.717, 1.165) is 28.4 Å². The fourth-order valence-electron chi connectivity index (χ4n) is 2.00. The fourth-order valence-corrected chi connectivity index (χ4v) is 2.00. The molecule has 0 radical (unpaired) electrons. The summed E-state index contributed by atoms with van der Waals surface area (Å²) in [6, 6.07) is 11.8. The Morgan fingerprint density at radius 3 is 2.50 bits per heavy atom. The van der Waals surface area contributed by atoms with Crippen molar-refractivity contribution in [2.75, 3.05) is 18.2 Å². The van der Waals surface area contributed by atoms with E-state index in [4.69, 9.17) is 10.5 Å². The van der Waals surface area contributed by atoms with Gasteiger partial charge in [-0.2, -0.15) is 0 Å². The molecule has 0 heterocycles. The number of nitrogens with two attached hydrogens (primary N) is 1. The molecule has 0 unspecified atom stereocenters. The normalized spacial score (nSPS) is 10.2. The van der Waals surface area contributed by atoms with E-state index in [9.17, 15) is 0 Å². The highest BCUT2D eigenvalue weighted by atomic mass is 16.5. The Morgan fingerprint density at radius 2 is 1.83 bits per heavy atom. The molecule has 2 rings (SSSR count). The number of hydrogen-bond acceptors (Lipinski definition) is 3. The van der Waals surface area contributed by atoms with Crippen LogP contribution in [0.2, 0.25) is 0 Å². The van der Waals surface area contributed by atoms with Crippen molar-refractivity contribution in [3.8, 4) is 5.75 Å². The standard InChI is InChI=1S/C15H18N2O/c1-10-8-11(2)15(14(9-10)18-3)17-13-7-5-4-6-12(13)16/h4-9,17H,16H2,1-3H3. The Balaban J connectivity index is 2.43.